The van der Waals surface area contributed by atoms with Crippen molar-refractivity contribution < 1.29 is 4.74 Å². The third-order valence-corrected chi connectivity index (χ3v) is 4.02. The molecule has 0 unspecified atom stereocenters. The normalized spacial score (nSPS) is 10.9. The van der Waals surface area contributed by atoms with Gasteiger partial charge in [0.15, 0.2) is 0 Å². The number of ether oxygens (including phenoxy) is 1. The first-order chi connectivity index (χ1) is 11.8. The van der Waals surface area contributed by atoms with Gasteiger partial charge in [-0.3, -0.25) is 15.1 Å². The summed E-state index contributed by atoms with van der Waals surface area (Å²) in [5.74, 6) is 0.806. The summed E-state index contributed by atoms with van der Waals surface area (Å²) in [6, 6.07) is 13.9. The Bertz CT molecular complexity index is 1020. The smallest absolute Gasteiger partial charge is 0.129 e. The first-order valence-corrected chi connectivity index (χ1v) is 7.67. The van der Waals surface area contributed by atoms with Gasteiger partial charge in [-0.05, 0) is 42.8 Å². The summed E-state index contributed by atoms with van der Waals surface area (Å²) < 4.78 is 5.45. The lowest BCUT2D eigenvalue weighted by Gasteiger charge is -2.08. The second-order valence-electron chi connectivity index (χ2n) is 5.57. The molecule has 0 saturated heterocycles. The van der Waals surface area contributed by atoms with Gasteiger partial charge in [-0.15, -0.1) is 0 Å². The molecule has 4 rings (SSSR count). The van der Waals surface area contributed by atoms with E-state index in [0.29, 0.717) is 0 Å². The van der Waals surface area contributed by atoms with Crippen molar-refractivity contribution in [2.24, 2.45) is 0 Å². The molecule has 0 aliphatic rings. The maximum atomic E-state index is 5.45. The first kappa shape index (κ1) is 14.4. The molecular weight excluding hydrogens is 300 g/mol. The van der Waals surface area contributed by atoms with Crippen LogP contribution in [0, 0.1) is 6.92 Å². The van der Waals surface area contributed by atoms with E-state index in [1.807, 2.05) is 49.5 Å². The predicted molar refractivity (Wildman–Crippen MR) is 93.8 cm³/mol. The predicted octanol–water partition coefficient (Wildman–Crippen LogP) is 4.00. The average Bonchev–Trinajstić information content (AvgIpc) is 3.10. The van der Waals surface area contributed by atoms with Crippen molar-refractivity contribution in [1.82, 2.24) is 20.2 Å². The fourth-order valence-corrected chi connectivity index (χ4v) is 2.85. The van der Waals surface area contributed by atoms with Crippen molar-refractivity contribution in [3.05, 3.63) is 60.6 Å². The number of H-pyrrole nitrogens is 1. The number of hydrogen-bond donors (Lipinski definition) is 1. The van der Waals surface area contributed by atoms with Gasteiger partial charge in [0.25, 0.3) is 0 Å². The van der Waals surface area contributed by atoms with Crippen molar-refractivity contribution in [3.8, 4) is 28.3 Å². The summed E-state index contributed by atoms with van der Waals surface area (Å²) in [5, 5.41) is 8.25. The fourth-order valence-electron chi connectivity index (χ4n) is 2.85. The summed E-state index contributed by atoms with van der Waals surface area (Å²) >= 11 is 0. The molecule has 0 radical (unpaired) electrons. The molecule has 0 bridgehead atoms. The van der Waals surface area contributed by atoms with E-state index < -0.39 is 0 Å². The highest BCUT2D eigenvalue weighted by atomic mass is 16.5. The van der Waals surface area contributed by atoms with Crippen molar-refractivity contribution in [1.29, 1.82) is 0 Å². The van der Waals surface area contributed by atoms with Crippen LogP contribution < -0.4 is 4.74 Å². The van der Waals surface area contributed by atoms with Gasteiger partial charge < -0.3 is 4.74 Å². The molecule has 0 atom stereocenters. The van der Waals surface area contributed by atoms with Crippen LogP contribution in [0.15, 0.2) is 54.9 Å². The molecule has 0 saturated carbocycles. The minimum Gasteiger partial charge on any atom is -0.496 e. The van der Waals surface area contributed by atoms with Crippen LogP contribution >= 0.6 is 0 Å². The van der Waals surface area contributed by atoms with E-state index >= 15 is 0 Å². The largest absolute Gasteiger partial charge is 0.496 e. The number of fused-ring (bicyclic) bond motifs is 1. The Morgan fingerprint density at radius 2 is 2.00 bits per heavy atom. The number of methoxy groups -OCH3 is 1. The van der Waals surface area contributed by atoms with E-state index in [4.69, 9.17) is 4.74 Å². The summed E-state index contributed by atoms with van der Waals surface area (Å²) in [7, 11) is 1.67. The Balaban J connectivity index is 1.89. The molecule has 5 nitrogen and oxygen atoms in total. The maximum Gasteiger partial charge on any atom is 0.129 e. The standard InChI is InChI=1S/C19H16N4O/c1-12-4-3-5-17(22-12)19-15(11-21-23-19)13-6-7-16-14(10-13)18(24-2)8-9-20-16/h3-11H,1-2H3,(H,21,23). The lowest BCUT2D eigenvalue weighted by atomic mass is 10.0. The topological polar surface area (TPSA) is 63.7 Å². The Hall–Kier alpha value is -3.21. The first-order valence-electron chi connectivity index (χ1n) is 7.67. The summed E-state index contributed by atoms with van der Waals surface area (Å²) in [6.07, 6.45) is 3.57. The van der Waals surface area contributed by atoms with Crippen LogP contribution in [0.3, 0.4) is 0 Å². The third-order valence-electron chi connectivity index (χ3n) is 4.02. The Morgan fingerprint density at radius 3 is 2.83 bits per heavy atom. The van der Waals surface area contributed by atoms with E-state index in [1.54, 1.807) is 13.3 Å². The molecule has 0 aliphatic heterocycles. The lowest BCUT2D eigenvalue weighted by Crippen LogP contribution is -1.90. The van der Waals surface area contributed by atoms with Crippen LogP contribution in [-0.4, -0.2) is 27.3 Å². The number of aromatic amines is 1. The third kappa shape index (κ3) is 2.40. The van der Waals surface area contributed by atoms with Crippen molar-refractivity contribution in [3.63, 3.8) is 0 Å². The maximum absolute atomic E-state index is 5.45. The summed E-state index contributed by atoms with van der Waals surface area (Å²) in [6.45, 7) is 1.98. The van der Waals surface area contributed by atoms with E-state index in [2.05, 4.69) is 26.2 Å². The van der Waals surface area contributed by atoms with Crippen molar-refractivity contribution in [2.75, 3.05) is 7.11 Å². The molecule has 0 fully saturated rings. The monoisotopic (exact) mass is 316 g/mol. The molecule has 4 aromatic rings. The molecule has 24 heavy (non-hydrogen) atoms. The Kier molecular flexibility index (Phi) is 3.46. The van der Waals surface area contributed by atoms with Crippen LogP contribution in [0.2, 0.25) is 0 Å². The fraction of sp³-hybridized carbons (Fsp3) is 0.105. The second-order valence-corrected chi connectivity index (χ2v) is 5.57. The van der Waals surface area contributed by atoms with Gasteiger partial charge in [-0.1, -0.05) is 12.1 Å². The molecule has 118 valence electrons. The molecule has 0 aliphatic carbocycles. The van der Waals surface area contributed by atoms with Gasteiger partial charge in [0, 0.05) is 22.8 Å². The van der Waals surface area contributed by atoms with Crippen LogP contribution in [0.4, 0.5) is 0 Å². The molecule has 3 heterocycles. The number of benzene rings is 1. The average molecular weight is 316 g/mol. The highest BCUT2D eigenvalue weighted by molar-refractivity contribution is 5.91. The van der Waals surface area contributed by atoms with Gasteiger partial charge in [0.1, 0.15) is 5.75 Å². The highest BCUT2D eigenvalue weighted by Gasteiger charge is 2.13. The van der Waals surface area contributed by atoms with Crippen LogP contribution in [0.5, 0.6) is 5.75 Å². The minimum absolute atomic E-state index is 0.806. The van der Waals surface area contributed by atoms with E-state index in [9.17, 15) is 0 Å². The SMILES string of the molecule is COc1ccnc2ccc(-c3cn[nH]c3-c3cccc(C)n3)cc12. The lowest BCUT2D eigenvalue weighted by molar-refractivity contribution is 0.419. The Morgan fingerprint density at radius 1 is 1.08 bits per heavy atom. The van der Waals surface area contributed by atoms with Crippen molar-refractivity contribution in [2.45, 2.75) is 6.92 Å². The zero-order chi connectivity index (χ0) is 16.5. The molecule has 3 aromatic heterocycles. The number of rotatable bonds is 3. The molecule has 0 amide bonds. The van der Waals surface area contributed by atoms with Crippen LogP contribution in [0.25, 0.3) is 33.4 Å². The van der Waals surface area contributed by atoms with Gasteiger partial charge in [-0.25, -0.2) is 0 Å². The number of aromatic nitrogens is 4. The number of nitrogens with zero attached hydrogens (tertiary/aromatic N) is 3. The minimum atomic E-state index is 0.806. The van der Waals surface area contributed by atoms with Crippen LogP contribution in [-0.2, 0) is 0 Å². The van der Waals surface area contributed by atoms with E-state index in [0.717, 1.165) is 44.9 Å². The van der Waals surface area contributed by atoms with Gasteiger partial charge in [-0.2, -0.15) is 5.10 Å². The summed E-state index contributed by atoms with van der Waals surface area (Å²) in [4.78, 5) is 8.98. The molecular formula is C19H16N4O. The molecule has 1 aromatic carbocycles. The Labute approximate surface area is 139 Å². The van der Waals surface area contributed by atoms with Gasteiger partial charge in [0.2, 0.25) is 0 Å². The van der Waals surface area contributed by atoms with Gasteiger partial charge >= 0.3 is 0 Å². The number of nitrogens with one attached hydrogen (secondary N) is 1. The van der Waals surface area contributed by atoms with E-state index in [1.165, 1.54) is 0 Å². The quantitative estimate of drug-likeness (QED) is 0.620. The number of pyridine rings is 2. The number of hydrogen-bond acceptors (Lipinski definition) is 4. The van der Waals surface area contributed by atoms with E-state index in [-0.39, 0.29) is 0 Å². The molecule has 0 spiro atoms. The zero-order valence-corrected chi connectivity index (χ0v) is 13.4. The summed E-state index contributed by atoms with van der Waals surface area (Å²) in [5.41, 5.74) is 5.69. The van der Waals surface area contributed by atoms with Crippen molar-refractivity contribution >= 4 is 10.9 Å². The highest BCUT2D eigenvalue weighted by Crippen LogP contribution is 2.33. The zero-order valence-electron chi connectivity index (χ0n) is 13.4. The molecule has 5 heteroatoms. The molecule has 1 N–H and O–H groups in total. The number of aryl methyl sites for hydroxylation is 1. The van der Waals surface area contributed by atoms with Gasteiger partial charge in [0.05, 0.1) is 30.2 Å². The second kappa shape index (κ2) is 5.77. The van der Waals surface area contributed by atoms with Crippen LogP contribution in [0.1, 0.15) is 5.69 Å².